The number of aliphatic hydroxyl groups excluding tert-OH is 2. The van der Waals surface area contributed by atoms with Gasteiger partial charge in [0.05, 0.1) is 13.2 Å². The Balaban J connectivity index is 2.47. The first-order valence-electron chi connectivity index (χ1n) is 11.2. The summed E-state index contributed by atoms with van der Waals surface area (Å²) in [6, 6.07) is 4.58. The largest absolute Gasteiger partial charge is 0.487 e. The monoisotopic (exact) mass is 445 g/mol. The van der Waals surface area contributed by atoms with E-state index in [2.05, 4.69) is 11.6 Å². The van der Waals surface area contributed by atoms with Crippen molar-refractivity contribution in [1.82, 2.24) is 4.72 Å². The number of nitrogens with one attached hydrogen (secondary N) is 1. The van der Waals surface area contributed by atoms with Crippen LogP contribution in [0.1, 0.15) is 71.1 Å². The topological polar surface area (TPSA) is 105 Å². The van der Waals surface area contributed by atoms with Crippen LogP contribution < -0.4 is 14.2 Å². The number of hydrogen-bond donors (Lipinski definition) is 3. The van der Waals surface area contributed by atoms with Crippen molar-refractivity contribution in [2.45, 2.75) is 76.0 Å². The molecule has 1 aromatic carbocycles. The van der Waals surface area contributed by atoms with Gasteiger partial charge in [0, 0.05) is 6.54 Å². The molecule has 174 valence electrons. The van der Waals surface area contributed by atoms with Crippen molar-refractivity contribution >= 4 is 10.0 Å². The fourth-order valence-electron chi connectivity index (χ4n) is 3.16. The first-order chi connectivity index (χ1) is 14.6. The van der Waals surface area contributed by atoms with Crippen LogP contribution in [0.2, 0.25) is 0 Å². The fourth-order valence-corrected chi connectivity index (χ4v) is 4.39. The van der Waals surface area contributed by atoms with Gasteiger partial charge in [0.15, 0.2) is 11.5 Å². The summed E-state index contributed by atoms with van der Waals surface area (Å²) in [5.74, 6) is 0.273. The molecule has 0 saturated carbocycles. The van der Waals surface area contributed by atoms with E-state index in [4.69, 9.17) is 19.7 Å². The van der Waals surface area contributed by atoms with Gasteiger partial charge < -0.3 is 19.7 Å². The zero-order valence-electron chi connectivity index (χ0n) is 18.3. The highest BCUT2D eigenvalue weighted by Gasteiger charge is 2.22. The highest BCUT2D eigenvalue weighted by atomic mass is 32.2. The smallest absolute Gasteiger partial charge is 0.244 e. The zero-order valence-corrected chi connectivity index (χ0v) is 19.1. The lowest BCUT2D eigenvalue weighted by molar-refractivity contribution is 0.175. The molecule has 1 rings (SSSR count). The molecule has 7 nitrogen and oxygen atoms in total. The van der Waals surface area contributed by atoms with Crippen LogP contribution in [0.25, 0.3) is 0 Å². The van der Waals surface area contributed by atoms with E-state index in [1.807, 2.05) is 0 Å². The van der Waals surface area contributed by atoms with Crippen LogP contribution in [0.15, 0.2) is 23.1 Å². The zero-order chi connectivity index (χ0) is 22.1. The van der Waals surface area contributed by atoms with E-state index in [-0.39, 0.29) is 42.8 Å². The van der Waals surface area contributed by atoms with Crippen LogP contribution in [-0.2, 0) is 10.0 Å². The molecule has 0 heterocycles. The highest BCUT2D eigenvalue weighted by molar-refractivity contribution is 7.89. The van der Waals surface area contributed by atoms with Gasteiger partial charge >= 0.3 is 0 Å². The van der Waals surface area contributed by atoms with Gasteiger partial charge in [-0.25, -0.2) is 13.1 Å². The Morgan fingerprint density at radius 3 is 2.00 bits per heavy atom. The van der Waals surface area contributed by atoms with E-state index in [0.717, 1.165) is 19.3 Å². The molecule has 0 bridgehead atoms. The second-order valence-corrected chi connectivity index (χ2v) is 9.04. The minimum atomic E-state index is -3.78. The standard InChI is InChI=1S/C22H39NO6S/c1-2-3-4-5-6-7-8-9-10-11-15-23-30(26,27)21-14-12-13-20(28-18-16-24)22(21)29-19-17-25/h12-14,23-25H,2-11,15-19H2,1H3. The average molecular weight is 446 g/mol. The fraction of sp³-hybridized carbons (Fsp3) is 0.727. The first-order valence-corrected chi connectivity index (χ1v) is 12.6. The second kappa shape index (κ2) is 16.4. The Bertz CT molecular complexity index is 666. The SMILES string of the molecule is CCCCCCCCCCCCNS(=O)(=O)c1cccc(OCCO)c1OCCO. The minimum Gasteiger partial charge on any atom is -0.487 e. The Hall–Kier alpha value is -1.35. The number of para-hydroxylation sites is 1. The number of rotatable bonds is 19. The van der Waals surface area contributed by atoms with Crippen molar-refractivity contribution in [2.24, 2.45) is 0 Å². The molecule has 0 fully saturated rings. The molecule has 3 N–H and O–H groups in total. The maximum atomic E-state index is 12.7. The third-order valence-electron chi connectivity index (χ3n) is 4.74. The third-order valence-corrected chi connectivity index (χ3v) is 6.23. The Labute approximate surface area is 181 Å². The summed E-state index contributed by atoms with van der Waals surface area (Å²) < 4.78 is 38.9. The lowest BCUT2D eigenvalue weighted by Gasteiger charge is -2.16. The van der Waals surface area contributed by atoms with Crippen molar-refractivity contribution in [3.05, 3.63) is 18.2 Å². The minimum absolute atomic E-state index is 0.0189. The van der Waals surface area contributed by atoms with Crippen LogP contribution in [0.4, 0.5) is 0 Å². The Morgan fingerprint density at radius 1 is 0.833 bits per heavy atom. The van der Waals surface area contributed by atoms with Crippen LogP contribution in [-0.4, -0.2) is 51.6 Å². The van der Waals surface area contributed by atoms with E-state index in [0.29, 0.717) is 6.54 Å². The molecular formula is C22H39NO6S. The molecule has 0 radical (unpaired) electrons. The van der Waals surface area contributed by atoms with Gasteiger partial charge in [-0.3, -0.25) is 0 Å². The van der Waals surface area contributed by atoms with Crippen molar-refractivity contribution < 1.29 is 28.1 Å². The quantitative estimate of drug-likeness (QED) is 0.281. The lowest BCUT2D eigenvalue weighted by atomic mass is 10.1. The third kappa shape index (κ3) is 10.6. The van der Waals surface area contributed by atoms with E-state index >= 15 is 0 Å². The van der Waals surface area contributed by atoms with Gasteiger partial charge in [-0.05, 0) is 18.6 Å². The average Bonchev–Trinajstić information content (AvgIpc) is 2.74. The molecule has 0 aromatic heterocycles. The molecule has 0 amide bonds. The predicted octanol–water partition coefficient (Wildman–Crippen LogP) is 3.63. The Kier molecular flexibility index (Phi) is 14.5. The van der Waals surface area contributed by atoms with Gasteiger partial charge in [0.2, 0.25) is 10.0 Å². The molecule has 0 spiro atoms. The summed E-state index contributed by atoms with van der Waals surface area (Å²) in [6.45, 7) is 2.09. The number of unbranched alkanes of at least 4 members (excludes halogenated alkanes) is 9. The Morgan fingerprint density at radius 2 is 1.40 bits per heavy atom. The van der Waals surface area contributed by atoms with Crippen molar-refractivity contribution in [1.29, 1.82) is 0 Å². The van der Waals surface area contributed by atoms with E-state index in [1.54, 1.807) is 12.1 Å². The van der Waals surface area contributed by atoms with E-state index < -0.39 is 10.0 Å². The highest BCUT2D eigenvalue weighted by Crippen LogP contribution is 2.34. The van der Waals surface area contributed by atoms with Gasteiger partial charge in [-0.15, -0.1) is 0 Å². The van der Waals surface area contributed by atoms with Crippen LogP contribution >= 0.6 is 0 Å². The van der Waals surface area contributed by atoms with Crippen LogP contribution in [0.3, 0.4) is 0 Å². The van der Waals surface area contributed by atoms with E-state index in [9.17, 15) is 8.42 Å². The van der Waals surface area contributed by atoms with Gasteiger partial charge in [0.1, 0.15) is 18.1 Å². The molecule has 0 aliphatic carbocycles. The summed E-state index contributed by atoms with van der Waals surface area (Å²) >= 11 is 0. The number of ether oxygens (including phenoxy) is 2. The summed E-state index contributed by atoms with van der Waals surface area (Å²) in [5, 5.41) is 18.0. The summed E-state index contributed by atoms with van der Waals surface area (Å²) in [7, 11) is -3.78. The summed E-state index contributed by atoms with van der Waals surface area (Å²) in [5.41, 5.74) is 0. The number of sulfonamides is 1. The molecule has 0 aliphatic rings. The van der Waals surface area contributed by atoms with Crippen molar-refractivity contribution in [2.75, 3.05) is 33.0 Å². The van der Waals surface area contributed by atoms with Crippen LogP contribution in [0, 0.1) is 0 Å². The maximum Gasteiger partial charge on any atom is 0.244 e. The first kappa shape index (κ1) is 26.7. The molecule has 8 heteroatoms. The van der Waals surface area contributed by atoms with E-state index in [1.165, 1.54) is 51.0 Å². The molecule has 0 aliphatic heterocycles. The normalized spacial score (nSPS) is 11.6. The second-order valence-electron chi connectivity index (χ2n) is 7.31. The molecule has 30 heavy (non-hydrogen) atoms. The lowest BCUT2D eigenvalue weighted by Crippen LogP contribution is -2.25. The van der Waals surface area contributed by atoms with Crippen LogP contribution in [0.5, 0.6) is 11.5 Å². The number of benzene rings is 1. The van der Waals surface area contributed by atoms with Crippen molar-refractivity contribution in [3.8, 4) is 11.5 Å². The molecule has 1 aromatic rings. The van der Waals surface area contributed by atoms with Crippen molar-refractivity contribution in [3.63, 3.8) is 0 Å². The predicted molar refractivity (Wildman–Crippen MR) is 119 cm³/mol. The van der Waals surface area contributed by atoms with Gasteiger partial charge in [0.25, 0.3) is 0 Å². The molecular weight excluding hydrogens is 406 g/mol. The number of hydrogen-bond acceptors (Lipinski definition) is 6. The van der Waals surface area contributed by atoms with Gasteiger partial charge in [-0.2, -0.15) is 0 Å². The molecule has 0 atom stereocenters. The summed E-state index contributed by atoms with van der Waals surface area (Å²) in [6.07, 6.45) is 11.9. The van der Waals surface area contributed by atoms with Gasteiger partial charge in [-0.1, -0.05) is 70.8 Å². The molecule has 0 unspecified atom stereocenters. The summed E-state index contributed by atoms with van der Waals surface area (Å²) in [4.78, 5) is -0.0292. The number of aliphatic hydroxyl groups is 2. The molecule has 0 saturated heterocycles. The maximum absolute atomic E-state index is 12.7.